The molecule has 0 saturated heterocycles. The van der Waals surface area contributed by atoms with Crippen molar-refractivity contribution in [2.75, 3.05) is 20.3 Å². The third-order valence-electron chi connectivity index (χ3n) is 3.71. The van der Waals surface area contributed by atoms with Crippen LogP contribution in [0.2, 0.25) is 5.02 Å². The quantitative estimate of drug-likeness (QED) is 0.531. The van der Waals surface area contributed by atoms with Crippen molar-refractivity contribution in [3.8, 4) is 5.75 Å². The van der Waals surface area contributed by atoms with Gasteiger partial charge in [0.25, 0.3) is 5.91 Å². The zero-order chi connectivity index (χ0) is 19.1. The molecule has 8 heteroatoms. The molecule has 27 heavy (non-hydrogen) atoms. The van der Waals surface area contributed by atoms with Gasteiger partial charge in [0.15, 0.2) is 5.76 Å². The van der Waals surface area contributed by atoms with Gasteiger partial charge in [0.05, 0.1) is 25.1 Å². The summed E-state index contributed by atoms with van der Waals surface area (Å²) >= 11 is 7.36. The number of rotatable bonds is 9. The topological polar surface area (TPSA) is 64.8 Å². The maximum absolute atomic E-state index is 12.6. The Hall–Kier alpha value is -2.35. The minimum atomic E-state index is -0.191. The van der Waals surface area contributed by atoms with E-state index in [1.807, 2.05) is 17.5 Å². The molecule has 0 bridgehead atoms. The SMILES string of the molecule is COCCN(Cc1csc(COc2ccc(Cl)cc2)n1)C(=O)c1ccco1. The molecule has 0 saturated carbocycles. The number of methoxy groups -OCH3 is 1. The first-order chi connectivity index (χ1) is 13.2. The molecule has 0 unspecified atom stereocenters. The number of hydrogen-bond donors (Lipinski definition) is 0. The second-order valence-corrected chi connectivity index (χ2v) is 7.05. The van der Waals surface area contributed by atoms with E-state index in [4.69, 9.17) is 25.5 Å². The van der Waals surface area contributed by atoms with E-state index in [9.17, 15) is 4.79 Å². The van der Waals surface area contributed by atoms with Crippen LogP contribution in [0, 0.1) is 0 Å². The highest BCUT2D eigenvalue weighted by Gasteiger charge is 2.19. The molecule has 3 aromatic rings. The van der Waals surface area contributed by atoms with Gasteiger partial charge < -0.3 is 18.8 Å². The van der Waals surface area contributed by atoms with E-state index >= 15 is 0 Å². The molecule has 0 atom stereocenters. The smallest absolute Gasteiger partial charge is 0.289 e. The Labute approximate surface area is 166 Å². The molecule has 0 aliphatic carbocycles. The summed E-state index contributed by atoms with van der Waals surface area (Å²) in [6.07, 6.45) is 1.48. The molecule has 0 fully saturated rings. The van der Waals surface area contributed by atoms with Gasteiger partial charge in [-0.05, 0) is 36.4 Å². The lowest BCUT2D eigenvalue weighted by Crippen LogP contribution is -2.33. The summed E-state index contributed by atoms with van der Waals surface area (Å²) in [6.45, 7) is 1.62. The lowest BCUT2D eigenvalue weighted by Gasteiger charge is -2.20. The van der Waals surface area contributed by atoms with Crippen LogP contribution in [0.1, 0.15) is 21.3 Å². The fraction of sp³-hybridized carbons (Fsp3) is 0.263. The van der Waals surface area contributed by atoms with Crippen molar-refractivity contribution in [1.82, 2.24) is 9.88 Å². The molecule has 6 nitrogen and oxygen atoms in total. The van der Waals surface area contributed by atoms with Crippen LogP contribution in [0.3, 0.4) is 0 Å². The number of carbonyl (C=O) groups is 1. The van der Waals surface area contributed by atoms with Gasteiger partial charge in [-0.1, -0.05) is 11.6 Å². The number of amides is 1. The van der Waals surface area contributed by atoms with Crippen LogP contribution in [0.25, 0.3) is 0 Å². The van der Waals surface area contributed by atoms with Gasteiger partial charge in [-0.15, -0.1) is 11.3 Å². The van der Waals surface area contributed by atoms with E-state index in [-0.39, 0.29) is 5.91 Å². The Morgan fingerprint density at radius 1 is 1.30 bits per heavy atom. The van der Waals surface area contributed by atoms with Crippen molar-refractivity contribution in [2.24, 2.45) is 0 Å². The van der Waals surface area contributed by atoms with Crippen LogP contribution in [0.5, 0.6) is 5.75 Å². The van der Waals surface area contributed by atoms with E-state index < -0.39 is 0 Å². The highest BCUT2D eigenvalue weighted by molar-refractivity contribution is 7.09. The van der Waals surface area contributed by atoms with Crippen molar-refractivity contribution in [3.05, 3.63) is 69.5 Å². The molecule has 3 rings (SSSR count). The van der Waals surface area contributed by atoms with Crippen LogP contribution >= 0.6 is 22.9 Å². The van der Waals surface area contributed by atoms with Crippen LogP contribution in [0.4, 0.5) is 0 Å². The molecule has 1 amide bonds. The van der Waals surface area contributed by atoms with Crippen molar-refractivity contribution < 1.29 is 18.7 Å². The van der Waals surface area contributed by atoms with Gasteiger partial charge in [-0.3, -0.25) is 4.79 Å². The number of halogens is 1. The highest BCUT2D eigenvalue weighted by atomic mass is 35.5. The molecule has 0 aliphatic rings. The first-order valence-electron chi connectivity index (χ1n) is 8.29. The molecule has 0 N–H and O–H groups in total. The summed E-state index contributed by atoms with van der Waals surface area (Å²) in [7, 11) is 1.60. The second-order valence-electron chi connectivity index (χ2n) is 5.67. The number of ether oxygens (including phenoxy) is 2. The normalized spacial score (nSPS) is 10.7. The van der Waals surface area contributed by atoms with E-state index in [2.05, 4.69) is 4.98 Å². The zero-order valence-electron chi connectivity index (χ0n) is 14.8. The molecule has 0 radical (unpaired) electrons. The van der Waals surface area contributed by atoms with Crippen LogP contribution in [-0.4, -0.2) is 36.1 Å². The number of aromatic nitrogens is 1. The summed E-state index contributed by atoms with van der Waals surface area (Å²) < 4.78 is 16.0. The fourth-order valence-corrected chi connectivity index (χ4v) is 3.19. The number of nitrogens with zero attached hydrogens (tertiary/aromatic N) is 2. The predicted molar refractivity (Wildman–Crippen MR) is 103 cm³/mol. The Balaban J connectivity index is 1.61. The van der Waals surface area contributed by atoms with Crippen molar-refractivity contribution in [1.29, 1.82) is 0 Å². The number of hydrogen-bond acceptors (Lipinski definition) is 6. The molecule has 2 heterocycles. The van der Waals surface area contributed by atoms with Crippen LogP contribution in [-0.2, 0) is 17.9 Å². The third kappa shape index (κ3) is 5.56. The van der Waals surface area contributed by atoms with Crippen molar-refractivity contribution >= 4 is 28.8 Å². The maximum atomic E-state index is 12.6. The Morgan fingerprint density at radius 3 is 2.81 bits per heavy atom. The summed E-state index contributed by atoms with van der Waals surface area (Å²) in [4.78, 5) is 18.8. The Morgan fingerprint density at radius 2 is 2.11 bits per heavy atom. The molecular formula is C19H19ClN2O4S. The molecule has 2 aromatic heterocycles. The number of thiazole rings is 1. The number of furan rings is 1. The number of carbonyl (C=O) groups excluding carboxylic acids is 1. The third-order valence-corrected chi connectivity index (χ3v) is 4.84. The lowest BCUT2D eigenvalue weighted by atomic mass is 10.3. The van der Waals surface area contributed by atoms with Gasteiger partial charge in [0.1, 0.15) is 17.4 Å². The summed E-state index contributed by atoms with van der Waals surface area (Å²) in [5.74, 6) is 0.836. The van der Waals surface area contributed by atoms with Gasteiger partial charge in [-0.25, -0.2) is 4.98 Å². The second kappa shape index (κ2) is 9.55. The van der Waals surface area contributed by atoms with Crippen LogP contribution in [0.15, 0.2) is 52.5 Å². The summed E-state index contributed by atoms with van der Waals surface area (Å²) in [6, 6.07) is 10.5. The first kappa shape index (κ1) is 19.4. The van der Waals surface area contributed by atoms with Gasteiger partial charge in [0.2, 0.25) is 0 Å². The molecule has 0 aliphatic heterocycles. The predicted octanol–water partition coefficient (Wildman–Crippen LogP) is 4.26. The van der Waals surface area contributed by atoms with E-state index in [1.54, 1.807) is 36.3 Å². The zero-order valence-corrected chi connectivity index (χ0v) is 16.3. The molecular weight excluding hydrogens is 388 g/mol. The van der Waals surface area contributed by atoms with E-state index in [0.29, 0.717) is 37.1 Å². The van der Waals surface area contributed by atoms with Gasteiger partial charge in [-0.2, -0.15) is 0 Å². The van der Waals surface area contributed by atoms with Crippen LogP contribution < -0.4 is 4.74 Å². The fourth-order valence-electron chi connectivity index (χ4n) is 2.37. The van der Waals surface area contributed by atoms with E-state index in [1.165, 1.54) is 17.6 Å². The van der Waals surface area contributed by atoms with Crippen molar-refractivity contribution in [2.45, 2.75) is 13.2 Å². The molecule has 0 spiro atoms. The minimum Gasteiger partial charge on any atom is -0.486 e. The largest absolute Gasteiger partial charge is 0.486 e. The monoisotopic (exact) mass is 406 g/mol. The highest BCUT2D eigenvalue weighted by Crippen LogP contribution is 2.19. The maximum Gasteiger partial charge on any atom is 0.289 e. The Bertz CT molecular complexity index is 849. The van der Waals surface area contributed by atoms with Gasteiger partial charge in [0, 0.05) is 24.1 Å². The first-order valence-corrected chi connectivity index (χ1v) is 9.55. The average molecular weight is 407 g/mol. The summed E-state index contributed by atoms with van der Waals surface area (Å²) in [5, 5.41) is 3.42. The Kier molecular flexibility index (Phi) is 6.86. The standard InChI is InChI=1S/C19H19ClN2O4S/c1-24-10-8-22(19(23)17-3-2-9-25-17)11-15-13-27-18(21-15)12-26-16-6-4-14(20)5-7-16/h2-7,9,13H,8,10-12H2,1H3. The lowest BCUT2D eigenvalue weighted by molar-refractivity contribution is 0.0647. The number of benzene rings is 1. The summed E-state index contributed by atoms with van der Waals surface area (Å²) in [5.41, 5.74) is 0.797. The molecule has 142 valence electrons. The minimum absolute atomic E-state index is 0.191. The molecule has 1 aromatic carbocycles. The average Bonchev–Trinajstić information content (AvgIpc) is 3.36. The van der Waals surface area contributed by atoms with Gasteiger partial charge >= 0.3 is 0 Å². The van der Waals surface area contributed by atoms with E-state index in [0.717, 1.165) is 16.5 Å². The van der Waals surface area contributed by atoms with Crippen molar-refractivity contribution in [3.63, 3.8) is 0 Å².